The maximum Gasteiger partial charge on any atom is 0.391 e. The molecule has 1 rings (SSSR count). The van der Waals surface area contributed by atoms with Gasteiger partial charge in [0.2, 0.25) is 0 Å². The zero-order valence-electron chi connectivity index (χ0n) is 12.8. The zero-order valence-corrected chi connectivity index (χ0v) is 14.4. The van der Waals surface area contributed by atoms with Gasteiger partial charge in [0.15, 0.2) is 0 Å². The van der Waals surface area contributed by atoms with E-state index in [1.54, 1.807) is 0 Å². The number of carboxylic acid groups (broad SMARTS) is 1. The summed E-state index contributed by atoms with van der Waals surface area (Å²) in [5.41, 5.74) is 0. The SMILES string of the molecule is CCCCC(CCN1CCC(C(F)(F)F)CC1)C(=O)O.Cl.Cl. The van der Waals surface area contributed by atoms with Gasteiger partial charge in [-0.1, -0.05) is 19.8 Å². The lowest BCUT2D eigenvalue weighted by atomic mass is 9.94. The molecule has 0 aromatic carbocycles. The van der Waals surface area contributed by atoms with Crippen molar-refractivity contribution < 1.29 is 23.1 Å². The molecule has 8 heteroatoms. The maximum absolute atomic E-state index is 12.5. The fraction of sp³-hybridized carbons (Fsp3) is 0.929. The first-order valence-electron chi connectivity index (χ1n) is 7.36. The van der Waals surface area contributed by atoms with Gasteiger partial charge < -0.3 is 10.0 Å². The summed E-state index contributed by atoms with van der Waals surface area (Å²) >= 11 is 0. The molecule has 1 aliphatic rings. The van der Waals surface area contributed by atoms with Crippen LogP contribution >= 0.6 is 24.8 Å². The van der Waals surface area contributed by atoms with Gasteiger partial charge in [0.25, 0.3) is 0 Å². The third-order valence-electron chi connectivity index (χ3n) is 4.10. The highest BCUT2D eigenvalue weighted by molar-refractivity contribution is 5.85. The molecule has 0 radical (unpaired) electrons. The number of carbonyl (C=O) groups is 1. The van der Waals surface area contributed by atoms with E-state index in [1.807, 2.05) is 11.8 Å². The molecule has 1 fully saturated rings. The van der Waals surface area contributed by atoms with Crippen molar-refractivity contribution in [2.75, 3.05) is 19.6 Å². The lowest BCUT2D eigenvalue weighted by molar-refractivity contribution is -0.185. The fourth-order valence-electron chi connectivity index (χ4n) is 2.66. The number of hydrogen-bond donors (Lipinski definition) is 1. The molecule has 0 aromatic heterocycles. The molecule has 1 aliphatic heterocycles. The molecule has 0 bridgehead atoms. The standard InChI is InChI=1S/C14H24F3NO2.2ClH/c1-2-3-4-11(13(19)20)5-8-18-9-6-12(7-10-18)14(15,16)17;;/h11-12H,2-10H2,1H3,(H,19,20);2*1H. The average molecular weight is 368 g/mol. The number of rotatable bonds is 7. The second kappa shape index (κ2) is 11.4. The van der Waals surface area contributed by atoms with Gasteiger partial charge in [-0.15, -0.1) is 24.8 Å². The van der Waals surface area contributed by atoms with Crippen LogP contribution < -0.4 is 0 Å². The summed E-state index contributed by atoms with van der Waals surface area (Å²) in [6.45, 7) is 3.45. The number of unbranched alkanes of at least 4 members (excludes halogenated alkanes) is 1. The molecule has 0 saturated carbocycles. The number of carboxylic acids is 1. The molecule has 3 nitrogen and oxygen atoms in total. The van der Waals surface area contributed by atoms with E-state index in [9.17, 15) is 18.0 Å². The fourth-order valence-corrected chi connectivity index (χ4v) is 2.66. The van der Waals surface area contributed by atoms with Crippen LogP contribution in [-0.4, -0.2) is 41.8 Å². The molecular weight excluding hydrogens is 342 g/mol. The summed E-state index contributed by atoms with van der Waals surface area (Å²) in [5.74, 6) is -2.34. The first-order valence-corrected chi connectivity index (χ1v) is 7.36. The number of hydrogen-bond acceptors (Lipinski definition) is 2. The lowest BCUT2D eigenvalue weighted by Crippen LogP contribution is -2.40. The van der Waals surface area contributed by atoms with E-state index in [0.717, 1.165) is 12.8 Å². The molecule has 1 N–H and O–H groups in total. The average Bonchev–Trinajstić information content (AvgIpc) is 2.38. The second-order valence-corrected chi connectivity index (χ2v) is 5.62. The Morgan fingerprint density at radius 2 is 1.77 bits per heavy atom. The molecule has 1 unspecified atom stereocenters. The van der Waals surface area contributed by atoms with Gasteiger partial charge in [-0.3, -0.25) is 4.79 Å². The van der Waals surface area contributed by atoms with Crippen LogP contribution in [0.2, 0.25) is 0 Å². The zero-order chi connectivity index (χ0) is 15.2. The van der Waals surface area contributed by atoms with Gasteiger partial charge in [0, 0.05) is 0 Å². The van der Waals surface area contributed by atoms with E-state index in [2.05, 4.69) is 0 Å². The quantitative estimate of drug-likeness (QED) is 0.725. The number of nitrogens with zero attached hydrogens (tertiary/aromatic N) is 1. The van der Waals surface area contributed by atoms with Crippen LogP contribution in [0, 0.1) is 11.8 Å². The first kappa shape index (κ1) is 24.1. The van der Waals surface area contributed by atoms with Crippen molar-refractivity contribution in [1.29, 1.82) is 0 Å². The largest absolute Gasteiger partial charge is 0.481 e. The highest BCUT2D eigenvalue weighted by atomic mass is 35.5. The molecule has 0 aliphatic carbocycles. The van der Waals surface area contributed by atoms with E-state index in [4.69, 9.17) is 5.11 Å². The Morgan fingerprint density at radius 3 is 2.18 bits per heavy atom. The summed E-state index contributed by atoms with van der Waals surface area (Å²) in [5, 5.41) is 9.11. The molecule has 1 heterocycles. The van der Waals surface area contributed by atoms with Gasteiger partial charge in [-0.25, -0.2) is 0 Å². The van der Waals surface area contributed by atoms with Gasteiger partial charge >= 0.3 is 12.1 Å². The minimum Gasteiger partial charge on any atom is -0.481 e. The predicted octanol–water partition coefficient (Wildman–Crippen LogP) is 4.39. The number of alkyl halides is 3. The highest BCUT2D eigenvalue weighted by Crippen LogP contribution is 2.34. The third kappa shape index (κ3) is 8.44. The molecule has 134 valence electrons. The van der Waals surface area contributed by atoms with Crippen LogP contribution in [0.3, 0.4) is 0 Å². The van der Waals surface area contributed by atoms with Gasteiger partial charge in [-0.2, -0.15) is 13.2 Å². The van der Waals surface area contributed by atoms with Crippen LogP contribution in [0.15, 0.2) is 0 Å². The second-order valence-electron chi connectivity index (χ2n) is 5.62. The summed E-state index contributed by atoms with van der Waals surface area (Å²) < 4.78 is 37.6. The van der Waals surface area contributed by atoms with Crippen LogP contribution in [0.4, 0.5) is 13.2 Å². The van der Waals surface area contributed by atoms with Crippen molar-refractivity contribution in [2.45, 2.75) is 51.6 Å². The van der Waals surface area contributed by atoms with E-state index >= 15 is 0 Å². The van der Waals surface area contributed by atoms with Gasteiger partial charge in [0.05, 0.1) is 11.8 Å². The molecule has 0 spiro atoms. The van der Waals surface area contributed by atoms with Crippen molar-refractivity contribution in [3.63, 3.8) is 0 Å². The summed E-state index contributed by atoms with van der Waals surface area (Å²) in [4.78, 5) is 13.1. The Hall–Kier alpha value is -0.200. The van der Waals surface area contributed by atoms with Crippen molar-refractivity contribution in [3.05, 3.63) is 0 Å². The number of aliphatic carboxylic acids is 1. The Bertz CT molecular complexity index is 309. The van der Waals surface area contributed by atoms with Crippen molar-refractivity contribution in [1.82, 2.24) is 4.90 Å². The van der Waals surface area contributed by atoms with Gasteiger partial charge in [0.1, 0.15) is 0 Å². The van der Waals surface area contributed by atoms with Crippen LogP contribution in [0.25, 0.3) is 0 Å². The number of piperidine rings is 1. The van der Waals surface area contributed by atoms with Crippen LogP contribution in [-0.2, 0) is 4.79 Å². The summed E-state index contributed by atoms with van der Waals surface area (Å²) in [7, 11) is 0. The Balaban J connectivity index is 0. The lowest BCUT2D eigenvalue weighted by Gasteiger charge is -2.33. The Kier molecular flexibility index (Phi) is 12.4. The van der Waals surface area contributed by atoms with Crippen LogP contribution in [0.1, 0.15) is 45.4 Å². The Labute approximate surface area is 142 Å². The maximum atomic E-state index is 12.5. The van der Waals surface area contributed by atoms with Gasteiger partial charge in [-0.05, 0) is 45.3 Å². The van der Waals surface area contributed by atoms with E-state index < -0.39 is 18.1 Å². The highest BCUT2D eigenvalue weighted by Gasteiger charge is 2.40. The van der Waals surface area contributed by atoms with E-state index in [0.29, 0.717) is 32.5 Å². The molecule has 22 heavy (non-hydrogen) atoms. The Morgan fingerprint density at radius 1 is 1.23 bits per heavy atom. The molecule has 0 amide bonds. The molecular formula is C14H26Cl2F3NO2. The smallest absolute Gasteiger partial charge is 0.391 e. The number of likely N-dealkylation sites (tertiary alicyclic amines) is 1. The minimum atomic E-state index is -4.09. The monoisotopic (exact) mass is 367 g/mol. The van der Waals surface area contributed by atoms with Crippen molar-refractivity contribution in [2.24, 2.45) is 11.8 Å². The minimum absolute atomic E-state index is 0. The predicted molar refractivity (Wildman–Crippen MR) is 85.0 cm³/mol. The number of halogens is 5. The molecule has 1 atom stereocenters. The topological polar surface area (TPSA) is 40.5 Å². The third-order valence-corrected chi connectivity index (χ3v) is 4.10. The molecule has 1 saturated heterocycles. The summed E-state index contributed by atoms with van der Waals surface area (Å²) in [6, 6.07) is 0. The first-order chi connectivity index (χ1) is 9.34. The van der Waals surface area contributed by atoms with E-state index in [1.165, 1.54) is 0 Å². The normalized spacial score (nSPS) is 18.2. The van der Waals surface area contributed by atoms with Crippen LogP contribution in [0.5, 0.6) is 0 Å². The molecule has 0 aromatic rings. The van der Waals surface area contributed by atoms with Crippen molar-refractivity contribution in [3.8, 4) is 0 Å². The summed E-state index contributed by atoms with van der Waals surface area (Å²) in [6.07, 6.45) is -0.784. The van der Waals surface area contributed by atoms with Crippen molar-refractivity contribution >= 4 is 30.8 Å². The van der Waals surface area contributed by atoms with E-state index in [-0.39, 0.29) is 43.6 Å².